The average molecular weight is 232 g/mol. The van der Waals surface area contributed by atoms with Crippen LogP contribution in [-0.2, 0) is 6.54 Å². The van der Waals surface area contributed by atoms with Gasteiger partial charge >= 0.3 is 0 Å². The second kappa shape index (κ2) is 7.08. The zero-order valence-corrected chi connectivity index (χ0v) is 10.5. The zero-order chi connectivity index (χ0) is 12.7. The van der Waals surface area contributed by atoms with Crippen molar-refractivity contribution in [3.8, 4) is 11.8 Å². The molecule has 92 valence electrons. The molecule has 0 saturated carbocycles. The van der Waals surface area contributed by atoms with E-state index in [0.717, 1.165) is 17.7 Å². The van der Waals surface area contributed by atoms with Gasteiger partial charge in [0.25, 0.3) is 0 Å². The van der Waals surface area contributed by atoms with Crippen molar-refractivity contribution in [2.45, 2.75) is 19.5 Å². The number of benzene rings is 1. The lowest BCUT2D eigenvalue weighted by atomic mass is 10.1. The second-order valence-electron chi connectivity index (χ2n) is 4.11. The van der Waals surface area contributed by atoms with Crippen LogP contribution in [0.1, 0.15) is 18.1 Å². The van der Waals surface area contributed by atoms with Gasteiger partial charge < -0.3 is 10.8 Å². The Bertz CT molecular complexity index is 406. The predicted molar refractivity (Wildman–Crippen MR) is 70.4 cm³/mol. The number of aliphatic hydroxyl groups excluding tert-OH is 1. The summed E-state index contributed by atoms with van der Waals surface area (Å²) in [5, 5.41) is 9.11. The molecule has 0 aliphatic rings. The Labute approximate surface area is 103 Å². The highest BCUT2D eigenvalue weighted by molar-refractivity contribution is 5.41. The molecule has 0 heterocycles. The molecule has 1 aromatic rings. The first-order valence-corrected chi connectivity index (χ1v) is 5.77. The molecule has 0 spiro atoms. The third-order valence-corrected chi connectivity index (χ3v) is 2.78. The minimum Gasteiger partial charge on any atom is -0.395 e. The minimum atomic E-state index is 0.144. The van der Waals surface area contributed by atoms with Crippen molar-refractivity contribution in [2.24, 2.45) is 5.73 Å². The standard InChI is InChI=1S/C14H20N2O/c1-12(11-17)16(2)10-14-7-4-3-6-13(14)8-5-9-15/h3-4,6-7,12,17H,9-11,15H2,1-2H3. The summed E-state index contributed by atoms with van der Waals surface area (Å²) in [6.07, 6.45) is 0. The quantitative estimate of drug-likeness (QED) is 0.755. The third kappa shape index (κ3) is 4.20. The molecule has 3 N–H and O–H groups in total. The molecule has 0 aromatic heterocycles. The van der Waals surface area contributed by atoms with E-state index in [0.29, 0.717) is 6.54 Å². The highest BCUT2D eigenvalue weighted by Crippen LogP contribution is 2.11. The molecule has 0 amide bonds. The van der Waals surface area contributed by atoms with Crippen LogP contribution in [0.2, 0.25) is 0 Å². The van der Waals surface area contributed by atoms with Gasteiger partial charge in [0.1, 0.15) is 0 Å². The van der Waals surface area contributed by atoms with E-state index in [2.05, 4.69) is 22.8 Å². The van der Waals surface area contributed by atoms with Crippen LogP contribution in [0.25, 0.3) is 0 Å². The lowest BCUT2D eigenvalue weighted by Gasteiger charge is -2.23. The van der Waals surface area contributed by atoms with E-state index in [1.807, 2.05) is 32.2 Å². The van der Waals surface area contributed by atoms with Crippen molar-refractivity contribution in [3.63, 3.8) is 0 Å². The van der Waals surface area contributed by atoms with Gasteiger partial charge in [0.05, 0.1) is 13.2 Å². The molecule has 17 heavy (non-hydrogen) atoms. The number of hydrogen-bond acceptors (Lipinski definition) is 3. The second-order valence-corrected chi connectivity index (χ2v) is 4.11. The van der Waals surface area contributed by atoms with E-state index in [9.17, 15) is 0 Å². The molecule has 0 saturated heterocycles. The van der Waals surface area contributed by atoms with Crippen molar-refractivity contribution < 1.29 is 5.11 Å². The molecule has 0 aliphatic carbocycles. The van der Waals surface area contributed by atoms with Crippen LogP contribution in [0.4, 0.5) is 0 Å². The van der Waals surface area contributed by atoms with Crippen LogP contribution in [0.3, 0.4) is 0 Å². The lowest BCUT2D eigenvalue weighted by Crippen LogP contribution is -2.31. The first-order valence-electron chi connectivity index (χ1n) is 5.77. The summed E-state index contributed by atoms with van der Waals surface area (Å²) >= 11 is 0. The maximum absolute atomic E-state index is 9.11. The zero-order valence-electron chi connectivity index (χ0n) is 10.5. The fourth-order valence-electron chi connectivity index (χ4n) is 1.49. The summed E-state index contributed by atoms with van der Waals surface area (Å²) in [6.45, 7) is 3.30. The van der Waals surface area contributed by atoms with Crippen molar-refractivity contribution in [3.05, 3.63) is 35.4 Å². The van der Waals surface area contributed by atoms with E-state index in [4.69, 9.17) is 10.8 Å². The van der Waals surface area contributed by atoms with Crippen LogP contribution >= 0.6 is 0 Å². The Morgan fingerprint density at radius 1 is 1.41 bits per heavy atom. The van der Waals surface area contributed by atoms with Crippen molar-refractivity contribution in [2.75, 3.05) is 20.2 Å². The van der Waals surface area contributed by atoms with Gasteiger partial charge in [0, 0.05) is 18.2 Å². The molecule has 3 heteroatoms. The number of aliphatic hydroxyl groups is 1. The Morgan fingerprint density at radius 3 is 2.76 bits per heavy atom. The maximum Gasteiger partial charge on any atom is 0.0584 e. The Hall–Kier alpha value is -1.34. The van der Waals surface area contributed by atoms with Gasteiger partial charge in [-0.25, -0.2) is 0 Å². The van der Waals surface area contributed by atoms with E-state index in [-0.39, 0.29) is 12.6 Å². The SMILES string of the molecule is CC(CO)N(C)Cc1ccccc1C#CCN. The molecule has 1 aromatic carbocycles. The van der Waals surface area contributed by atoms with E-state index < -0.39 is 0 Å². The summed E-state index contributed by atoms with van der Waals surface area (Å²) in [7, 11) is 1.99. The van der Waals surface area contributed by atoms with Crippen LogP contribution in [-0.4, -0.2) is 36.2 Å². The number of hydrogen-bond donors (Lipinski definition) is 2. The van der Waals surface area contributed by atoms with Crippen molar-refractivity contribution in [1.82, 2.24) is 4.90 Å². The normalized spacial score (nSPS) is 12.1. The fraction of sp³-hybridized carbons (Fsp3) is 0.429. The number of rotatable bonds is 4. The summed E-state index contributed by atoms with van der Waals surface area (Å²) in [6, 6.07) is 8.17. The smallest absolute Gasteiger partial charge is 0.0584 e. The fourth-order valence-corrected chi connectivity index (χ4v) is 1.49. The van der Waals surface area contributed by atoms with Gasteiger partial charge in [0.2, 0.25) is 0 Å². The van der Waals surface area contributed by atoms with Gasteiger partial charge in [-0.3, -0.25) is 4.90 Å². The molecule has 1 atom stereocenters. The summed E-state index contributed by atoms with van der Waals surface area (Å²) in [5.41, 5.74) is 7.55. The Morgan fingerprint density at radius 2 is 2.12 bits per heavy atom. The molecule has 3 nitrogen and oxygen atoms in total. The predicted octanol–water partition coefficient (Wildman–Crippen LogP) is 0.809. The van der Waals surface area contributed by atoms with Crippen LogP contribution < -0.4 is 5.73 Å². The largest absolute Gasteiger partial charge is 0.395 e. The van der Waals surface area contributed by atoms with Gasteiger partial charge in [-0.1, -0.05) is 30.0 Å². The van der Waals surface area contributed by atoms with E-state index in [1.165, 1.54) is 0 Å². The Kier molecular flexibility index (Phi) is 5.71. The van der Waals surface area contributed by atoms with Gasteiger partial charge in [-0.15, -0.1) is 0 Å². The highest BCUT2D eigenvalue weighted by Gasteiger charge is 2.09. The first kappa shape index (κ1) is 13.7. The first-order chi connectivity index (χ1) is 8.19. The molecule has 0 radical (unpaired) electrons. The minimum absolute atomic E-state index is 0.144. The number of nitrogens with zero attached hydrogens (tertiary/aromatic N) is 1. The molecule has 1 rings (SSSR count). The molecule has 0 bridgehead atoms. The number of likely N-dealkylation sites (N-methyl/N-ethyl adjacent to an activating group) is 1. The van der Waals surface area contributed by atoms with Gasteiger partial charge in [-0.05, 0) is 25.6 Å². The van der Waals surface area contributed by atoms with Crippen LogP contribution in [0, 0.1) is 11.8 Å². The average Bonchev–Trinajstić information content (AvgIpc) is 2.36. The molecular formula is C14H20N2O. The van der Waals surface area contributed by atoms with Crippen molar-refractivity contribution in [1.29, 1.82) is 0 Å². The highest BCUT2D eigenvalue weighted by atomic mass is 16.3. The Balaban J connectivity index is 2.83. The summed E-state index contributed by atoms with van der Waals surface area (Å²) in [5.74, 6) is 5.94. The summed E-state index contributed by atoms with van der Waals surface area (Å²) < 4.78 is 0. The van der Waals surface area contributed by atoms with Crippen LogP contribution in [0.15, 0.2) is 24.3 Å². The molecule has 0 aliphatic heterocycles. The monoisotopic (exact) mass is 232 g/mol. The number of nitrogens with two attached hydrogens (primary N) is 1. The maximum atomic E-state index is 9.11. The lowest BCUT2D eigenvalue weighted by molar-refractivity contribution is 0.154. The third-order valence-electron chi connectivity index (χ3n) is 2.78. The molecule has 1 unspecified atom stereocenters. The van der Waals surface area contributed by atoms with Gasteiger partial charge in [0.15, 0.2) is 0 Å². The van der Waals surface area contributed by atoms with Crippen molar-refractivity contribution >= 4 is 0 Å². The summed E-state index contributed by atoms with van der Waals surface area (Å²) in [4.78, 5) is 2.10. The van der Waals surface area contributed by atoms with Crippen LogP contribution in [0.5, 0.6) is 0 Å². The van der Waals surface area contributed by atoms with E-state index >= 15 is 0 Å². The molecular weight excluding hydrogens is 212 g/mol. The van der Waals surface area contributed by atoms with Gasteiger partial charge in [-0.2, -0.15) is 0 Å². The topological polar surface area (TPSA) is 49.5 Å². The van der Waals surface area contributed by atoms with E-state index in [1.54, 1.807) is 0 Å². The molecule has 0 fully saturated rings.